The fourth-order valence-electron chi connectivity index (χ4n) is 3.26. The molecule has 2 heterocycles. The van der Waals surface area contributed by atoms with Crippen LogP contribution in [0.5, 0.6) is 0 Å². The quantitative estimate of drug-likeness (QED) is 0.840. The maximum atomic E-state index is 12.3. The molecule has 1 aliphatic rings. The van der Waals surface area contributed by atoms with Gasteiger partial charge in [-0.15, -0.1) is 11.3 Å². The first-order chi connectivity index (χ1) is 12.1. The van der Waals surface area contributed by atoms with Crippen molar-refractivity contribution in [1.29, 1.82) is 0 Å². The molecule has 1 amide bonds. The van der Waals surface area contributed by atoms with Crippen LogP contribution in [-0.2, 0) is 11.3 Å². The predicted octanol–water partition coefficient (Wildman–Crippen LogP) is 4.01. The summed E-state index contributed by atoms with van der Waals surface area (Å²) in [5, 5.41) is 4.41. The Morgan fingerprint density at radius 1 is 1.32 bits per heavy atom. The van der Waals surface area contributed by atoms with Gasteiger partial charge in [0.25, 0.3) is 6.43 Å². The van der Waals surface area contributed by atoms with Gasteiger partial charge in [0.15, 0.2) is 0 Å². The molecule has 1 N–H and O–H groups in total. The lowest BCUT2D eigenvalue weighted by Crippen LogP contribution is -2.43. The molecule has 1 aromatic carbocycles. The van der Waals surface area contributed by atoms with Gasteiger partial charge in [0.1, 0.15) is 0 Å². The second-order valence-electron chi connectivity index (χ2n) is 6.39. The van der Waals surface area contributed by atoms with Crippen LogP contribution < -0.4 is 5.32 Å². The predicted molar refractivity (Wildman–Crippen MR) is 96.8 cm³/mol. The highest BCUT2D eigenvalue weighted by molar-refractivity contribution is 7.13. The van der Waals surface area contributed by atoms with Crippen LogP contribution in [0.15, 0.2) is 41.8 Å². The number of amides is 1. The molecule has 6 heteroatoms. The SMILES string of the molecule is O=C(NCC(F)F)C1CCCN(Cc2cccc(-c3cccs3)c2)C1. The summed E-state index contributed by atoms with van der Waals surface area (Å²) >= 11 is 1.72. The molecule has 1 saturated heterocycles. The fraction of sp³-hybridized carbons (Fsp3) is 0.421. The van der Waals surface area contributed by atoms with E-state index in [-0.39, 0.29) is 11.8 Å². The molecule has 2 aromatic rings. The zero-order valence-corrected chi connectivity index (χ0v) is 14.8. The topological polar surface area (TPSA) is 32.3 Å². The van der Waals surface area contributed by atoms with Gasteiger partial charge >= 0.3 is 0 Å². The number of rotatable bonds is 6. The van der Waals surface area contributed by atoms with Gasteiger partial charge in [-0.05, 0) is 48.0 Å². The van der Waals surface area contributed by atoms with Gasteiger partial charge in [-0.2, -0.15) is 0 Å². The smallest absolute Gasteiger partial charge is 0.255 e. The Balaban J connectivity index is 1.59. The molecular formula is C19H22F2N2OS. The Hall–Kier alpha value is -1.79. The number of hydrogen-bond acceptors (Lipinski definition) is 3. The van der Waals surface area contributed by atoms with E-state index in [9.17, 15) is 13.6 Å². The Morgan fingerprint density at radius 2 is 2.20 bits per heavy atom. The van der Waals surface area contributed by atoms with Gasteiger partial charge < -0.3 is 5.32 Å². The Bertz CT molecular complexity index is 690. The summed E-state index contributed by atoms with van der Waals surface area (Å²) in [6, 6.07) is 12.6. The molecule has 1 aliphatic heterocycles. The lowest BCUT2D eigenvalue weighted by Gasteiger charge is -2.32. The molecule has 3 nitrogen and oxygen atoms in total. The lowest BCUT2D eigenvalue weighted by atomic mass is 9.96. The van der Waals surface area contributed by atoms with E-state index in [0.29, 0.717) is 6.54 Å². The van der Waals surface area contributed by atoms with Gasteiger partial charge in [-0.3, -0.25) is 9.69 Å². The minimum absolute atomic E-state index is 0.201. The van der Waals surface area contributed by atoms with E-state index in [1.807, 2.05) is 6.07 Å². The number of halogens is 2. The molecule has 1 fully saturated rings. The van der Waals surface area contributed by atoms with Crippen molar-refractivity contribution in [1.82, 2.24) is 10.2 Å². The maximum Gasteiger partial charge on any atom is 0.255 e. The number of carbonyl (C=O) groups excluding carboxylic acids is 1. The van der Waals surface area contributed by atoms with E-state index in [1.165, 1.54) is 16.0 Å². The van der Waals surface area contributed by atoms with Crippen molar-refractivity contribution in [2.24, 2.45) is 5.92 Å². The Labute approximate surface area is 150 Å². The van der Waals surface area contributed by atoms with Crippen molar-refractivity contribution in [2.45, 2.75) is 25.8 Å². The van der Waals surface area contributed by atoms with Crippen LogP contribution in [0.1, 0.15) is 18.4 Å². The van der Waals surface area contributed by atoms with Crippen LogP contribution in [0.25, 0.3) is 10.4 Å². The van der Waals surface area contributed by atoms with Crippen molar-refractivity contribution < 1.29 is 13.6 Å². The largest absolute Gasteiger partial charge is 0.350 e. The third-order valence-corrected chi connectivity index (χ3v) is 5.36. The van der Waals surface area contributed by atoms with E-state index in [1.54, 1.807) is 11.3 Å². The first kappa shape index (κ1) is 18.0. The van der Waals surface area contributed by atoms with Crippen molar-refractivity contribution in [2.75, 3.05) is 19.6 Å². The summed E-state index contributed by atoms with van der Waals surface area (Å²) < 4.78 is 24.5. The molecule has 0 spiro atoms. The summed E-state index contributed by atoms with van der Waals surface area (Å²) in [5.74, 6) is -0.453. The molecule has 0 bridgehead atoms. The molecular weight excluding hydrogens is 342 g/mol. The van der Waals surface area contributed by atoms with Crippen LogP contribution in [0.4, 0.5) is 8.78 Å². The highest BCUT2D eigenvalue weighted by atomic mass is 32.1. The normalized spacial score (nSPS) is 18.4. The molecule has 0 radical (unpaired) electrons. The maximum absolute atomic E-state index is 12.3. The summed E-state index contributed by atoms with van der Waals surface area (Å²) in [6.45, 7) is 1.77. The molecule has 1 aromatic heterocycles. The molecule has 0 aliphatic carbocycles. The van der Waals surface area contributed by atoms with Crippen LogP contribution in [-0.4, -0.2) is 36.9 Å². The van der Waals surface area contributed by atoms with Gasteiger partial charge in [-0.1, -0.05) is 24.3 Å². The van der Waals surface area contributed by atoms with E-state index in [2.05, 4.69) is 45.9 Å². The molecule has 25 heavy (non-hydrogen) atoms. The van der Waals surface area contributed by atoms with Crippen molar-refractivity contribution in [3.8, 4) is 10.4 Å². The second kappa shape index (κ2) is 8.54. The number of alkyl halides is 2. The van der Waals surface area contributed by atoms with Crippen LogP contribution in [0.2, 0.25) is 0 Å². The minimum Gasteiger partial charge on any atom is -0.350 e. The van der Waals surface area contributed by atoms with Crippen molar-refractivity contribution in [3.63, 3.8) is 0 Å². The summed E-state index contributed by atoms with van der Waals surface area (Å²) in [5.41, 5.74) is 2.41. The molecule has 134 valence electrons. The molecule has 1 unspecified atom stereocenters. The fourth-order valence-corrected chi connectivity index (χ4v) is 3.98. The monoisotopic (exact) mass is 364 g/mol. The first-order valence-electron chi connectivity index (χ1n) is 8.53. The molecule has 1 atom stereocenters. The van der Waals surface area contributed by atoms with E-state index in [4.69, 9.17) is 0 Å². The number of nitrogens with zero attached hydrogens (tertiary/aromatic N) is 1. The highest BCUT2D eigenvalue weighted by Crippen LogP contribution is 2.26. The standard InChI is InChI=1S/C19H22F2N2OS/c20-18(21)11-22-19(24)16-6-2-8-23(13-16)12-14-4-1-5-15(10-14)17-7-3-9-25-17/h1,3-5,7,9-10,16,18H,2,6,8,11-13H2,(H,22,24). The van der Waals surface area contributed by atoms with E-state index in [0.717, 1.165) is 25.9 Å². The van der Waals surface area contributed by atoms with Gasteiger partial charge in [-0.25, -0.2) is 8.78 Å². The molecule has 0 saturated carbocycles. The first-order valence-corrected chi connectivity index (χ1v) is 9.41. The summed E-state index contributed by atoms with van der Waals surface area (Å²) in [4.78, 5) is 15.5. The number of nitrogens with one attached hydrogen (secondary N) is 1. The highest BCUT2D eigenvalue weighted by Gasteiger charge is 2.26. The van der Waals surface area contributed by atoms with E-state index < -0.39 is 13.0 Å². The van der Waals surface area contributed by atoms with Crippen LogP contribution >= 0.6 is 11.3 Å². The van der Waals surface area contributed by atoms with Crippen LogP contribution in [0, 0.1) is 5.92 Å². The average molecular weight is 364 g/mol. The van der Waals surface area contributed by atoms with Gasteiger partial charge in [0.2, 0.25) is 5.91 Å². The van der Waals surface area contributed by atoms with Crippen LogP contribution in [0.3, 0.4) is 0 Å². The second-order valence-corrected chi connectivity index (χ2v) is 7.34. The summed E-state index contributed by atoms with van der Waals surface area (Å²) in [6.07, 6.45) is -0.818. The number of likely N-dealkylation sites (tertiary alicyclic amines) is 1. The van der Waals surface area contributed by atoms with Gasteiger partial charge in [0, 0.05) is 18.0 Å². The zero-order valence-electron chi connectivity index (χ0n) is 14.0. The number of piperidine rings is 1. The molecule has 3 rings (SSSR count). The number of thiophene rings is 1. The Kier molecular flexibility index (Phi) is 6.15. The third-order valence-electron chi connectivity index (χ3n) is 4.45. The Morgan fingerprint density at radius 3 is 2.96 bits per heavy atom. The van der Waals surface area contributed by atoms with Gasteiger partial charge in [0.05, 0.1) is 12.5 Å². The average Bonchev–Trinajstić information content (AvgIpc) is 3.15. The third kappa shape index (κ3) is 5.09. The number of benzene rings is 1. The van der Waals surface area contributed by atoms with E-state index >= 15 is 0 Å². The van der Waals surface area contributed by atoms with Crippen molar-refractivity contribution in [3.05, 3.63) is 47.3 Å². The zero-order chi connectivity index (χ0) is 17.6. The number of carbonyl (C=O) groups is 1. The number of hydrogen-bond donors (Lipinski definition) is 1. The van der Waals surface area contributed by atoms with Crippen molar-refractivity contribution >= 4 is 17.2 Å². The summed E-state index contributed by atoms with van der Waals surface area (Å²) in [7, 11) is 0. The minimum atomic E-state index is -2.50. The lowest BCUT2D eigenvalue weighted by molar-refractivity contribution is -0.127.